The van der Waals surface area contributed by atoms with E-state index in [-0.39, 0.29) is 12.0 Å². The lowest BCUT2D eigenvalue weighted by molar-refractivity contribution is 0.0678. The number of carbonyl (C=O) groups excluding carboxylic acids is 1. The van der Waals surface area contributed by atoms with E-state index in [9.17, 15) is 4.79 Å². The molecular formula is C26H28N2O2. The van der Waals surface area contributed by atoms with Gasteiger partial charge in [0.15, 0.2) is 0 Å². The summed E-state index contributed by atoms with van der Waals surface area (Å²) < 4.78 is 7.79. The largest absolute Gasteiger partial charge is 0.369 e. The van der Waals surface area contributed by atoms with Crippen molar-refractivity contribution in [1.82, 2.24) is 9.47 Å². The molecule has 1 fully saturated rings. The van der Waals surface area contributed by atoms with Crippen molar-refractivity contribution in [2.75, 3.05) is 20.2 Å². The fraction of sp³-hybridized carbons (Fsp3) is 0.346. The number of hydrogen-bond acceptors (Lipinski definition) is 3. The van der Waals surface area contributed by atoms with Crippen LogP contribution in [0.25, 0.3) is 10.9 Å². The van der Waals surface area contributed by atoms with Gasteiger partial charge in [-0.15, -0.1) is 0 Å². The lowest BCUT2D eigenvalue weighted by Crippen LogP contribution is -2.26. The number of ether oxygens (including phenoxy) is 1. The molecule has 3 aromatic rings. The van der Waals surface area contributed by atoms with Crippen molar-refractivity contribution >= 4 is 16.8 Å². The number of likely N-dealkylation sites (tertiary alicyclic amines) is 1. The maximum atomic E-state index is 13.3. The molecule has 0 N–H and O–H groups in total. The fourth-order valence-corrected chi connectivity index (χ4v) is 4.82. The Morgan fingerprint density at radius 3 is 2.73 bits per heavy atom. The van der Waals surface area contributed by atoms with Crippen LogP contribution in [0.2, 0.25) is 0 Å². The average Bonchev–Trinajstić information content (AvgIpc) is 3.37. The Bertz CT molecular complexity index is 1080. The molecule has 30 heavy (non-hydrogen) atoms. The van der Waals surface area contributed by atoms with E-state index in [1.54, 1.807) is 0 Å². The zero-order valence-electron chi connectivity index (χ0n) is 17.5. The van der Waals surface area contributed by atoms with Gasteiger partial charge in [0, 0.05) is 23.2 Å². The molecule has 0 bridgehead atoms. The summed E-state index contributed by atoms with van der Waals surface area (Å²) in [5.41, 5.74) is 4.14. The molecule has 0 amide bonds. The van der Waals surface area contributed by atoms with E-state index in [1.165, 1.54) is 29.4 Å². The highest BCUT2D eigenvalue weighted by atomic mass is 16.5. The van der Waals surface area contributed by atoms with Crippen LogP contribution in [-0.4, -0.2) is 41.6 Å². The summed E-state index contributed by atoms with van der Waals surface area (Å²) in [7, 11) is 2.21. The quantitative estimate of drug-likeness (QED) is 0.579. The molecule has 2 aliphatic heterocycles. The molecular weight excluding hydrogens is 372 g/mol. The van der Waals surface area contributed by atoms with E-state index in [0.29, 0.717) is 18.2 Å². The number of likely N-dealkylation sites (N-methyl/N-ethyl adjacent to an activating group) is 1. The van der Waals surface area contributed by atoms with E-state index in [4.69, 9.17) is 4.74 Å². The van der Waals surface area contributed by atoms with Crippen molar-refractivity contribution in [3.05, 3.63) is 83.6 Å². The Morgan fingerprint density at radius 2 is 2.00 bits per heavy atom. The first-order valence-corrected chi connectivity index (χ1v) is 10.9. The minimum atomic E-state index is 0.0243. The third kappa shape index (κ3) is 3.62. The van der Waals surface area contributed by atoms with Crippen molar-refractivity contribution in [2.45, 2.75) is 37.8 Å². The van der Waals surface area contributed by atoms with Gasteiger partial charge < -0.3 is 9.64 Å². The van der Waals surface area contributed by atoms with Crippen LogP contribution in [0.3, 0.4) is 0 Å². The summed E-state index contributed by atoms with van der Waals surface area (Å²) in [5.74, 6) is 0.0243. The molecule has 2 aromatic carbocycles. The monoisotopic (exact) mass is 400 g/mol. The fourth-order valence-electron chi connectivity index (χ4n) is 4.82. The number of aromatic nitrogens is 1. The Balaban J connectivity index is 1.58. The van der Waals surface area contributed by atoms with Crippen molar-refractivity contribution in [2.24, 2.45) is 0 Å². The Labute approximate surface area is 177 Å². The second-order valence-corrected chi connectivity index (χ2v) is 8.48. The third-order valence-corrected chi connectivity index (χ3v) is 6.56. The van der Waals surface area contributed by atoms with Gasteiger partial charge >= 0.3 is 0 Å². The Morgan fingerprint density at radius 1 is 1.13 bits per heavy atom. The lowest BCUT2D eigenvalue weighted by Gasteiger charge is -2.20. The number of benzene rings is 2. The maximum absolute atomic E-state index is 13.3. The van der Waals surface area contributed by atoms with Crippen LogP contribution in [0.4, 0.5) is 0 Å². The van der Waals surface area contributed by atoms with Gasteiger partial charge in [0.2, 0.25) is 0 Å². The first kappa shape index (κ1) is 19.3. The molecule has 1 unspecified atom stereocenters. The van der Waals surface area contributed by atoms with Crippen LogP contribution in [-0.2, 0) is 11.2 Å². The van der Waals surface area contributed by atoms with Gasteiger partial charge in [0.25, 0.3) is 5.91 Å². The molecule has 0 saturated carbocycles. The number of hydrogen-bond donors (Lipinski definition) is 0. The smallest absolute Gasteiger partial charge is 0.262 e. The van der Waals surface area contributed by atoms with Crippen molar-refractivity contribution in [3.8, 4) is 0 Å². The highest BCUT2D eigenvalue weighted by Crippen LogP contribution is 2.32. The van der Waals surface area contributed by atoms with Crippen LogP contribution in [0, 0.1) is 0 Å². The van der Waals surface area contributed by atoms with Gasteiger partial charge in [0.05, 0.1) is 18.2 Å². The van der Waals surface area contributed by atoms with E-state index in [1.807, 2.05) is 34.9 Å². The number of fused-ring (bicyclic) bond motifs is 1. The van der Waals surface area contributed by atoms with E-state index >= 15 is 0 Å². The van der Waals surface area contributed by atoms with Crippen LogP contribution in [0.1, 0.15) is 46.9 Å². The normalized spacial score (nSPS) is 22.0. The molecule has 4 heteroatoms. The molecule has 2 aliphatic rings. The summed E-state index contributed by atoms with van der Waals surface area (Å²) in [6.45, 7) is 1.82. The zero-order valence-corrected chi connectivity index (χ0v) is 17.5. The average molecular weight is 401 g/mol. The molecule has 0 radical (unpaired) electrons. The maximum Gasteiger partial charge on any atom is 0.262 e. The van der Waals surface area contributed by atoms with Gasteiger partial charge in [-0.05, 0) is 74.7 Å². The van der Waals surface area contributed by atoms with Crippen LogP contribution >= 0.6 is 0 Å². The Kier molecular flexibility index (Phi) is 5.28. The second-order valence-electron chi connectivity index (χ2n) is 8.48. The Hall–Kier alpha value is -2.69. The molecule has 2 atom stereocenters. The minimum absolute atomic E-state index is 0.0243. The predicted molar refractivity (Wildman–Crippen MR) is 120 cm³/mol. The minimum Gasteiger partial charge on any atom is -0.369 e. The van der Waals surface area contributed by atoms with E-state index < -0.39 is 0 Å². The van der Waals surface area contributed by atoms with Gasteiger partial charge in [-0.2, -0.15) is 0 Å². The molecule has 3 heterocycles. The van der Waals surface area contributed by atoms with E-state index in [2.05, 4.69) is 48.5 Å². The molecule has 1 aromatic heterocycles. The zero-order chi connectivity index (χ0) is 20.5. The summed E-state index contributed by atoms with van der Waals surface area (Å²) >= 11 is 0. The summed E-state index contributed by atoms with van der Waals surface area (Å²) in [6.07, 6.45) is 10.8. The SMILES string of the molecule is CN1CCCC1Cc1cn(C(=O)c2ccccc2)c2ccc([C@@H]3CC=CCO3)cc12. The van der Waals surface area contributed by atoms with Gasteiger partial charge in [-0.1, -0.05) is 36.4 Å². The number of carbonyl (C=O) groups is 1. The standard InChI is InChI=1S/C26H28N2O2/c1-27-14-7-10-22(27)16-21-18-28(26(29)19-8-3-2-4-9-19)24-13-12-20(17-23(21)24)25-11-5-6-15-30-25/h2-6,8-9,12-13,17-18,22,25H,7,10-11,14-16H2,1H3/t22?,25-/m0/s1. The van der Waals surface area contributed by atoms with Crippen LogP contribution in [0.5, 0.6) is 0 Å². The molecule has 5 rings (SSSR count). The van der Waals surface area contributed by atoms with Crippen molar-refractivity contribution < 1.29 is 9.53 Å². The molecule has 0 spiro atoms. The lowest BCUT2D eigenvalue weighted by atomic mass is 9.99. The molecule has 1 saturated heterocycles. The highest BCUT2D eigenvalue weighted by Gasteiger charge is 2.24. The number of rotatable bonds is 4. The van der Waals surface area contributed by atoms with Crippen molar-refractivity contribution in [1.29, 1.82) is 0 Å². The first-order valence-electron chi connectivity index (χ1n) is 10.9. The van der Waals surface area contributed by atoms with Crippen LogP contribution in [0.15, 0.2) is 66.9 Å². The highest BCUT2D eigenvalue weighted by molar-refractivity contribution is 6.03. The third-order valence-electron chi connectivity index (χ3n) is 6.56. The molecule has 0 aliphatic carbocycles. The summed E-state index contributed by atoms with van der Waals surface area (Å²) in [4.78, 5) is 15.7. The topological polar surface area (TPSA) is 34.5 Å². The predicted octanol–water partition coefficient (Wildman–Crippen LogP) is 4.98. The second kappa shape index (κ2) is 8.21. The van der Waals surface area contributed by atoms with Crippen molar-refractivity contribution in [3.63, 3.8) is 0 Å². The van der Waals surface area contributed by atoms with Gasteiger partial charge in [-0.25, -0.2) is 0 Å². The summed E-state index contributed by atoms with van der Waals surface area (Å²) in [5, 5.41) is 1.18. The summed E-state index contributed by atoms with van der Waals surface area (Å²) in [6, 6.07) is 16.5. The first-order chi connectivity index (χ1) is 14.7. The molecule has 154 valence electrons. The number of nitrogens with zero attached hydrogens (tertiary/aromatic N) is 2. The van der Waals surface area contributed by atoms with Gasteiger partial charge in [0.1, 0.15) is 0 Å². The van der Waals surface area contributed by atoms with E-state index in [0.717, 1.165) is 24.9 Å². The van der Waals surface area contributed by atoms with Crippen LogP contribution < -0.4 is 0 Å². The van der Waals surface area contributed by atoms with Gasteiger partial charge in [-0.3, -0.25) is 9.36 Å². The molecule has 4 nitrogen and oxygen atoms in total.